The van der Waals surface area contributed by atoms with Gasteiger partial charge in [-0.1, -0.05) is 118 Å². The number of rotatable bonds is 17. The van der Waals surface area contributed by atoms with Gasteiger partial charge in [0.25, 0.3) is 20.1 Å². The topological polar surface area (TPSA) is 124 Å². The van der Waals surface area contributed by atoms with Crippen LogP contribution in [0.15, 0.2) is 134 Å². The maximum absolute atomic E-state index is 13.4. The number of benzene rings is 4. The first-order valence-corrected chi connectivity index (χ1v) is 22.1. The normalized spacial score (nSPS) is 11.7. The zero-order chi connectivity index (χ0) is 42.7. The molecule has 0 bridgehead atoms. The molecule has 0 fully saturated rings. The second kappa shape index (κ2) is 20.0. The van der Waals surface area contributed by atoms with E-state index >= 15 is 0 Å². The molecule has 0 atom stereocenters. The van der Waals surface area contributed by atoms with Gasteiger partial charge < -0.3 is 29.9 Å². The van der Waals surface area contributed by atoms with Crippen LogP contribution in [-0.2, 0) is 20.4 Å². The molecule has 310 valence electrons. The minimum atomic E-state index is -2.57. The Kier molecular flexibility index (Phi) is 14.5. The van der Waals surface area contributed by atoms with E-state index in [1.165, 1.54) is 10.4 Å². The minimum Gasteiger partial charge on any atom is -0.407 e. The summed E-state index contributed by atoms with van der Waals surface area (Å²) in [5.41, 5.74) is 7.24. The van der Waals surface area contributed by atoms with Gasteiger partial charge in [-0.15, -0.1) is 0 Å². The molecule has 6 rings (SSSR count). The van der Waals surface area contributed by atoms with Crippen LogP contribution in [0.3, 0.4) is 0 Å². The standard InChI is InChI=1S/C49H55N5O5Si/c1-34-40(41-22-15-24-43(35(41)2)54-47(56)45-28-26-37(33-52-45)48(57-6)58-7)21-14-23-42(34)53-46(55)44-27-25-36(32-51-44)31-50-29-16-30-59-60(49(3,4)5,38-17-10-8-11-18-38)39-19-12-9-13-20-39/h8-15,17-28,32-33,48,50H,16,29-31H2,1-7H3,(H,53,55)(H,54,56). The quantitative estimate of drug-likeness (QED) is 0.0475. The predicted molar refractivity (Wildman–Crippen MR) is 242 cm³/mol. The molecule has 0 aliphatic carbocycles. The van der Waals surface area contributed by atoms with Crippen LogP contribution in [0.4, 0.5) is 11.4 Å². The lowest BCUT2D eigenvalue weighted by atomic mass is 9.94. The maximum atomic E-state index is 13.4. The molecule has 60 heavy (non-hydrogen) atoms. The fraction of sp³-hybridized carbons (Fsp3) is 0.265. The highest BCUT2D eigenvalue weighted by molar-refractivity contribution is 6.99. The highest BCUT2D eigenvalue weighted by Gasteiger charge is 2.50. The predicted octanol–water partition coefficient (Wildman–Crippen LogP) is 8.61. The van der Waals surface area contributed by atoms with Gasteiger partial charge in [0.15, 0.2) is 6.29 Å². The fourth-order valence-corrected chi connectivity index (χ4v) is 12.2. The third-order valence-electron chi connectivity index (χ3n) is 10.8. The Morgan fingerprint density at radius 2 is 1.17 bits per heavy atom. The SMILES string of the molecule is COC(OC)c1ccc(C(=O)Nc2cccc(-c3cccc(NC(=O)c4ccc(CNCCCO[Si](c5ccccc5)(c5ccccc5)C(C)(C)C)cn4)c3C)c2C)nc1. The maximum Gasteiger partial charge on any atom is 0.274 e. The number of nitrogens with zero attached hydrogens (tertiary/aromatic N) is 2. The highest BCUT2D eigenvalue weighted by atomic mass is 28.4. The van der Waals surface area contributed by atoms with Gasteiger partial charge in [-0.3, -0.25) is 19.6 Å². The van der Waals surface area contributed by atoms with Crippen molar-refractivity contribution in [3.63, 3.8) is 0 Å². The molecule has 0 radical (unpaired) electrons. The molecule has 2 amide bonds. The summed E-state index contributed by atoms with van der Waals surface area (Å²) in [5, 5.41) is 12.1. The molecule has 11 heteroatoms. The van der Waals surface area contributed by atoms with Gasteiger partial charge >= 0.3 is 0 Å². The third-order valence-corrected chi connectivity index (χ3v) is 15.8. The van der Waals surface area contributed by atoms with Crippen molar-refractivity contribution < 1.29 is 23.5 Å². The molecular weight excluding hydrogens is 767 g/mol. The van der Waals surface area contributed by atoms with E-state index in [1.54, 1.807) is 44.8 Å². The molecule has 2 heterocycles. The summed E-state index contributed by atoms with van der Waals surface area (Å²) in [6, 6.07) is 40.0. The van der Waals surface area contributed by atoms with E-state index in [1.807, 2.05) is 56.3 Å². The number of pyridine rings is 2. The van der Waals surface area contributed by atoms with Crippen molar-refractivity contribution in [3.8, 4) is 11.1 Å². The Labute approximate surface area is 354 Å². The second-order valence-corrected chi connectivity index (χ2v) is 20.0. The van der Waals surface area contributed by atoms with E-state index < -0.39 is 14.6 Å². The summed E-state index contributed by atoms with van der Waals surface area (Å²) < 4.78 is 17.6. The van der Waals surface area contributed by atoms with Crippen molar-refractivity contribution in [2.24, 2.45) is 0 Å². The summed E-state index contributed by atoms with van der Waals surface area (Å²) in [4.78, 5) is 35.4. The molecule has 10 nitrogen and oxygen atoms in total. The zero-order valence-electron chi connectivity index (χ0n) is 35.5. The number of methoxy groups -OCH3 is 2. The van der Waals surface area contributed by atoms with Gasteiger partial charge in [-0.05, 0) is 94.3 Å². The molecule has 0 unspecified atom stereocenters. The summed E-state index contributed by atoms with van der Waals surface area (Å²) >= 11 is 0. The van der Waals surface area contributed by atoms with Crippen LogP contribution in [-0.4, -0.2) is 57.5 Å². The molecule has 0 aliphatic heterocycles. The molecule has 3 N–H and O–H groups in total. The van der Waals surface area contributed by atoms with Crippen molar-refractivity contribution in [2.45, 2.75) is 58.9 Å². The monoisotopic (exact) mass is 821 g/mol. The summed E-state index contributed by atoms with van der Waals surface area (Å²) in [5.74, 6) is -0.633. The number of amides is 2. The summed E-state index contributed by atoms with van der Waals surface area (Å²) in [7, 11) is 0.518. The zero-order valence-corrected chi connectivity index (χ0v) is 36.5. The van der Waals surface area contributed by atoms with Gasteiger partial charge in [0.1, 0.15) is 11.4 Å². The first-order chi connectivity index (χ1) is 29.0. The lowest BCUT2D eigenvalue weighted by Crippen LogP contribution is -2.66. The number of anilines is 2. The van der Waals surface area contributed by atoms with Crippen LogP contribution in [0.2, 0.25) is 5.04 Å². The van der Waals surface area contributed by atoms with Crippen LogP contribution in [0.1, 0.15) is 76.7 Å². The van der Waals surface area contributed by atoms with E-state index in [0.29, 0.717) is 35.8 Å². The van der Waals surface area contributed by atoms with Crippen LogP contribution >= 0.6 is 0 Å². The molecule has 0 saturated carbocycles. The number of hydrogen-bond acceptors (Lipinski definition) is 8. The van der Waals surface area contributed by atoms with Crippen molar-refractivity contribution in [2.75, 3.05) is 38.0 Å². The Hall–Kier alpha value is -5.82. The molecule has 6 aromatic rings. The lowest BCUT2D eigenvalue weighted by Gasteiger charge is -2.43. The molecule has 0 saturated heterocycles. The summed E-state index contributed by atoms with van der Waals surface area (Å²) in [6.45, 7) is 12.8. The number of hydrogen-bond donors (Lipinski definition) is 3. The van der Waals surface area contributed by atoms with E-state index in [-0.39, 0.29) is 22.5 Å². The van der Waals surface area contributed by atoms with Crippen LogP contribution in [0, 0.1) is 13.8 Å². The molecular formula is C49H55N5O5Si. The Balaban J connectivity index is 1.04. The summed E-state index contributed by atoms with van der Waals surface area (Å²) in [6.07, 6.45) is 3.60. The van der Waals surface area contributed by atoms with Gasteiger partial charge in [0.2, 0.25) is 0 Å². The van der Waals surface area contributed by atoms with Gasteiger partial charge in [0.05, 0.1) is 0 Å². The van der Waals surface area contributed by atoms with Crippen LogP contribution < -0.4 is 26.3 Å². The number of carbonyl (C=O) groups is 2. The largest absolute Gasteiger partial charge is 0.407 e. The second-order valence-electron chi connectivity index (χ2n) is 15.7. The number of ether oxygens (including phenoxy) is 2. The smallest absolute Gasteiger partial charge is 0.274 e. The third kappa shape index (κ3) is 9.95. The van der Waals surface area contributed by atoms with Gasteiger partial charge in [0, 0.05) is 56.7 Å². The Morgan fingerprint density at radius 1 is 0.650 bits per heavy atom. The average molecular weight is 822 g/mol. The molecule has 0 aliphatic rings. The van der Waals surface area contributed by atoms with Gasteiger partial charge in [-0.2, -0.15) is 0 Å². The van der Waals surface area contributed by atoms with Gasteiger partial charge in [-0.25, -0.2) is 0 Å². The lowest BCUT2D eigenvalue weighted by molar-refractivity contribution is -0.106. The minimum absolute atomic E-state index is 0.0659. The van der Waals surface area contributed by atoms with E-state index in [2.05, 4.69) is 107 Å². The van der Waals surface area contributed by atoms with Crippen LogP contribution in [0.25, 0.3) is 11.1 Å². The Bertz CT molecular complexity index is 2310. The van der Waals surface area contributed by atoms with E-state index in [0.717, 1.165) is 40.8 Å². The fourth-order valence-electron chi connectivity index (χ4n) is 7.63. The molecule has 4 aromatic carbocycles. The van der Waals surface area contributed by atoms with E-state index in [9.17, 15) is 9.59 Å². The first kappa shape index (κ1) is 43.7. The number of nitrogens with one attached hydrogen (secondary N) is 3. The van der Waals surface area contributed by atoms with E-state index in [4.69, 9.17) is 13.9 Å². The van der Waals surface area contributed by atoms with Crippen molar-refractivity contribution in [3.05, 3.63) is 167 Å². The van der Waals surface area contributed by atoms with Crippen molar-refractivity contribution in [1.29, 1.82) is 0 Å². The molecule has 0 spiro atoms. The molecule has 2 aromatic heterocycles. The van der Waals surface area contributed by atoms with Crippen molar-refractivity contribution in [1.82, 2.24) is 15.3 Å². The first-order valence-electron chi connectivity index (χ1n) is 20.2. The Morgan fingerprint density at radius 3 is 1.62 bits per heavy atom. The number of carbonyl (C=O) groups excluding carboxylic acids is 2. The number of aromatic nitrogens is 2. The average Bonchev–Trinajstić information content (AvgIpc) is 3.26. The van der Waals surface area contributed by atoms with Crippen LogP contribution in [0.5, 0.6) is 0 Å². The highest BCUT2D eigenvalue weighted by Crippen LogP contribution is 2.37. The van der Waals surface area contributed by atoms with Crippen molar-refractivity contribution >= 4 is 41.9 Å².